The Labute approximate surface area is 200 Å². The second kappa shape index (κ2) is 11.0. The summed E-state index contributed by atoms with van der Waals surface area (Å²) in [6.07, 6.45) is 0. The van der Waals surface area contributed by atoms with Gasteiger partial charge in [-0.1, -0.05) is 11.6 Å². The molecule has 0 heterocycles. The number of amides is 1. The fraction of sp³-hybridized carbons (Fsp3) is 0.130. The lowest BCUT2D eigenvalue weighted by Crippen LogP contribution is -2.20. The molecular weight excluding hydrogens is 487 g/mol. The third-order valence-corrected chi connectivity index (χ3v) is 6.02. The number of halogens is 2. The zero-order chi connectivity index (χ0) is 24.7. The minimum absolute atomic E-state index is 0.0198. The molecule has 0 bridgehead atoms. The molecule has 3 rings (SSSR count). The van der Waals surface area contributed by atoms with Crippen LogP contribution in [-0.4, -0.2) is 33.5 Å². The molecule has 0 aliphatic rings. The van der Waals surface area contributed by atoms with E-state index in [9.17, 15) is 22.4 Å². The van der Waals surface area contributed by atoms with Gasteiger partial charge in [-0.15, -0.1) is 0 Å². The molecule has 3 aromatic rings. The van der Waals surface area contributed by atoms with Crippen LogP contribution in [0.4, 0.5) is 15.8 Å². The van der Waals surface area contributed by atoms with Crippen LogP contribution >= 0.6 is 11.6 Å². The van der Waals surface area contributed by atoms with Crippen LogP contribution in [-0.2, 0) is 19.6 Å². The molecule has 11 heteroatoms. The van der Waals surface area contributed by atoms with E-state index in [4.69, 9.17) is 21.1 Å². The van der Waals surface area contributed by atoms with Crippen LogP contribution < -0.4 is 14.8 Å². The van der Waals surface area contributed by atoms with Gasteiger partial charge in [-0.3, -0.25) is 9.52 Å². The van der Waals surface area contributed by atoms with Gasteiger partial charge >= 0.3 is 5.97 Å². The number of carbonyl (C=O) groups excluding carboxylic acids is 2. The highest BCUT2D eigenvalue weighted by atomic mass is 35.5. The van der Waals surface area contributed by atoms with Gasteiger partial charge in [0.15, 0.2) is 6.61 Å². The number of hydrogen-bond donors (Lipinski definition) is 2. The molecule has 0 atom stereocenters. The Morgan fingerprint density at radius 1 is 0.971 bits per heavy atom. The average molecular weight is 507 g/mol. The lowest BCUT2D eigenvalue weighted by Gasteiger charge is -2.12. The van der Waals surface area contributed by atoms with Crippen molar-refractivity contribution >= 4 is 44.9 Å². The second-order valence-corrected chi connectivity index (χ2v) is 8.93. The highest BCUT2D eigenvalue weighted by molar-refractivity contribution is 7.92. The molecule has 178 valence electrons. The van der Waals surface area contributed by atoms with Gasteiger partial charge < -0.3 is 14.8 Å². The molecule has 34 heavy (non-hydrogen) atoms. The number of esters is 1. The molecule has 0 spiro atoms. The number of anilines is 2. The number of nitrogens with one attached hydrogen (secondary N) is 2. The molecule has 0 saturated carbocycles. The Balaban J connectivity index is 1.58. The van der Waals surface area contributed by atoms with Gasteiger partial charge in [-0.2, -0.15) is 0 Å². The van der Waals surface area contributed by atoms with E-state index in [1.54, 1.807) is 19.1 Å². The number of rotatable bonds is 9. The van der Waals surface area contributed by atoms with Crippen LogP contribution in [0.15, 0.2) is 71.6 Å². The van der Waals surface area contributed by atoms with Crippen molar-refractivity contribution < 1.29 is 31.9 Å². The van der Waals surface area contributed by atoms with Gasteiger partial charge in [-0.05, 0) is 73.7 Å². The smallest absolute Gasteiger partial charge is 0.338 e. The van der Waals surface area contributed by atoms with E-state index in [1.165, 1.54) is 42.5 Å². The number of sulfonamides is 1. The monoisotopic (exact) mass is 506 g/mol. The molecule has 0 fully saturated rings. The molecule has 0 unspecified atom stereocenters. The SMILES string of the molecule is CCOC(=O)c1ccc(NC(=O)COc2ccc(S(=O)(=O)Nc3ccc(F)cc3)cc2Cl)cc1. The van der Waals surface area contributed by atoms with Gasteiger partial charge in [0.25, 0.3) is 15.9 Å². The summed E-state index contributed by atoms with van der Waals surface area (Å²) in [5.74, 6) is -1.34. The largest absolute Gasteiger partial charge is 0.482 e. The van der Waals surface area contributed by atoms with E-state index in [-0.39, 0.29) is 34.6 Å². The van der Waals surface area contributed by atoms with Gasteiger partial charge in [-0.25, -0.2) is 17.6 Å². The summed E-state index contributed by atoms with van der Waals surface area (Å²) in [7, 11) is -3.98. The maximum Gasteiger partial charge on any atom is 0.338 e. The predicted octanol–water partition coefficient (Wildman–Crippen LogP) is 4.47. The van der Waals surface area contributed by atoms with Crippen molar-refractivity contribution in [3.8, 4) is 5.75 Å². The van der Waals surface area contributed by atoms with Crippen molar-refractivity contribution in [2.75, 3.05) is 23.3 Å². The van der Waals surface area contributed by atoms with Gasteiger partial charge in [0, 0.05) is 11.4 Å². The van der Waals surface area contributed by atoms with Crippen LogP contribution in [0, 0.1) is 5.82 Å². The van der Waals surface area contributed by atoms with Crippen molar-refractivity contribution in [1.29, 1.82) is 0 Å². The zero-order valence-electron chi connectivity index (χ0n) is 17.9. The van der Waals surface area contributed by atoms with Gasteiger partial charge in [0.2, 0.25) is 0 Å². The summed E-state index contributed by atoms with van der Waals surface area (Å²) in [5, 5.41) is 2.59. The fourth-order valence-corrected chi connectivity index (χ4v) is 4.13. The maximum absolute atomic E-state index is 13.0. The standard InChI is InChI=1S/C23H20ClFN2O6S/c1-2-32-23(29)15-3-7-17(8-4-15)26-22(28)14-33-21-12-11-19(13-20(21)24)34(30,31)27-18-9-5-16(25)6-10-18/h3-13,27H,2,14H2,1H3,(H,26,28). The number of ether oxygens (including phenoxy) is 2. The number of benzene rings is 3. The highest BCUT2D eigenvalue weighted by Gasteiger charge is 2.17. The predicted molar refractivity (Wildman–Crippen MR) is 125 cm³/mol. The van der Waals surface area contributed by atoms with Crippen LogP contribution in [0.2, 0.25) is 5.02 Å². The Morgan fingerprint density at radius 3 is 2.24 bits per heavy atom. The summed E-state index contributed by atoms with van der Waals surface area (Å²) in [5.41, 5.74) is 0.984. The molecule has 0 radical (unpaired) electrons. The van der Waals surface area contributed by atoms with E-state index >= 15 is 0 Å². The lowest BCUT2D eigenvalue weighted by molar-refractivity contribution is -0.118. The van der Waals surface area contributed by atoms with Crippen molar-refractivity contribution in [1.82, 2.24) is 0 Å². The Bertz CT molecular complexity index is 1280. The minimum Gasteiger partial charge on any atom is -0.482 e. The van der Waals surface area contributed by atoms with Crippen LogP contribution in [0.25, 0.3) is 0 Å². The van der Waals surface area contributed by atoms with Crippen molar-refractivity contribution in [2.24, 2.45) is 0 Å². The first-order valence-electron chi connectivity index (χ1n) is 9.95. The molecule has 0 aromatic heterocycles. The molecule has 0 aliphatic heterocycles. The number of carbonyl (C=O) groups is 2. The summed E-state index contributed by atoms with van der Waals surface area (Å²) in [6.45, 7) is 1.57. The zero-order valence-corrected chi connectivity index (χ0v) is 19.5. The quantitative estimate of drug-likeness (QED) is 0.414. The number of hydrogen-bond acceptors (Lipinski definition) is 6. The third kappa shape index (κ3) is 6.69. The normalized spacial score (nSPS) is 10.9. The first kappa shape index (κ1) is 25.0. The first-order valence-corrected chi connectivity index (χ1v) is 11.8. The fourth-order valence-electron chi connectivity index (χ4n) is 2.74. The third-order valence-electron chi connectivity index (χ3n) is 4.35. The van der Waals surface area contributed by atoms with Gasteiger partial charge in [0.05, 0.1) is 22.1 Å². The molecule has 1 amide bonds. The summed E-state index contributed by atoms with van der Waals surface area (Å²) >= 11 is 6.13. The molecule has 0 aliphatic carbocycles. The molecule has 0 saturated heterocycles. The maximum atomic E-state index is 13.0. The minimum atomic E-state index is -3.98. The highest BCUT2D eigenvalue weighted by Crippen LogP contribution is 2.28. The van der Waals surface area contributed by atoms with Crippen LogP contribution in [0.1, 0.15) is 17.3 Å². The molecule has 2 N–H and O–H groups in total. The van der Waals surface area contributed by atoms with E-state index in [1.807, 2.05) is 0 Å². The van der Waals surface area contributed by atoms with E-state index in [2.05, 4.69) is 10.0 Å². The van der Waals surface area contributed by atoms with Crippen molar-refractivity contribution in [2.45, 2.75) is 11.8 Å². The topological polar surface area (TPSA) is 111 Å². The van der Waals surface area contributed by atoms with Crippen LogP contribution in [0.5, 0.6) is 5.75 Å². The molecule has 3 aromatic carbocycles. The molecular formula is C23H20ClFN2O6S. The second-order valence-electron chi connectivity index (χ2n) is 6.84. The van der Waals surface area contributed by atoms with Crippen molar-refractivity contribution in [3.63, 3.8) is 0 Å². The van der Waals surface area contributed by atoms with Gasteiger partial charge in [0.1, 0.15) is 11.6 Å². The van der Waals surface area contributed by atoms with E-state index < -0.39 is 27.7 Å². The van der Waals surface area contributed by atoms with E-state index in [0.29, 0.717) is 11.3 Å². The Kier molecular flexibility index (Phi) is 8.08. The first-order chi connectivity index (χ1) is 16.2. The Morgan fingerprint density at radius 2 is 1.62 bits per heavy atom. The van der Waals surface area contributed by atoms with Crippen LogP contribution in [0.3, 0.4) is 0 Å². The lowest BCUT2D eigenvalue weighted by atomic mass is 10.2. The molecule has 8 nitrogen and oxygen atoms in total. The summed E-state index contributed by atoms with van der Waals surface area (Å²) < 4.78 is 50.7. The average Bonchev–Trinajstić information content (AvgIpc) is 2.80. The Hall–Kier alpha value is -3.63. The van der Waals surface area contributed by atoms with Crippen molar-refractivity contribution in [3.05, 3.63) is 83.1 Å². The van der Waals surface area contributed by atoms with E-state index in [0.717, 1.165) is 12.1 Å². The summed E-state index contributed by atoms with van der Waals surface area (Å²) in [6, 6.07) is 14.7. The summed E-state index contributed by atoms with van der Waals surface area (Å²) in [4.78, 5) is 23.7.